The Bertz CT molecular complexity index is 584. The standard InChI is InChI=1S/C16H18BrNO2/c1-11(2)14-9-13(17)6-7-15(14)20-10-12-5-4-8-18-16(12)19-3/h4-9,11H,10H2,1-3H3. The highest BCUT2D eigenvalue weighted by molar-refractivity contribution is 9.10. The molecule has 0 aliphatic carbocycles. The lowest BCUT2D eigenvalue weighted by molar-refractivity contribution is 0.290. The second-order valence-electron chi connectivity index (χ2n) is 4.80. The third-order valence-electron chi connectivity index (χ3n) is 3.02. The molecule has 0 spiro atoms. The summed E-state index contributed by atoms with van der Waals surface area (Å²) in [6, 6.07) is 9.91. The van der Waals surface area contributed by atoms with Crippen LogP contribution in [0.4, 0.5) is 0 Å². The number of rotatable bonds is 5. The summed E-state index contributed by atoms with van der Waals surface area (Å²) in [7, 11) is 1.62. The van der Waals surface area contributed by atoms with Crippen molar-refractivity contribution >= 4 is 15.9 Å². The van der Waals surface area contributed by atoms with Crippen LogP contribution in [-0.4, -0.2) is 12.1 Å². The molecule has 0 fully saturated rings. The van der Waals surface area contributed by atoms with Crippen LogP contribution in [0.2, 0.25) is 0 Å². The molecule has 0 bridgehead atoms. The number of hydrogen-bond acceptors (Lipinski definition) is 3. The van der Waals surface area contributed by atoms with Gasteiger partial charge in [0.1, 0.15) is 12.4 Å². The Morgan fingerprint density at radius 2 is 2.05 bits per heavy atom. The molecule has 0 aliphatic heterocycles. The molecular formula is C16H18BrNO2. The van der Waals surface area contributed by atoms with Crippen molar-refractivity contribution in [2.45, 2.75) is 26.4 Å². The molecule has 0 atom stereocenters. The average Bonchev–Trinajstić information content (AvgIpc) is 2.46. The Hall–Kier alpha value is -1.55. The van der Waals surface area contributed by atoms with Crippen molar-refractivity contribution < 1.29 is 9.47 Å². The number of hydrogen-bond donors (Lipinski definition) is 0. The molecule has 1 aromatic carbocycles. The zero-order valence-corrected chi connectivity index (χ0v) is 13.5. The third-order valence-corrected chi connectivity index (χ3v) is 3.51. The maximum Gasteiger partial charge on any atom is 0.219 e. The number of aromatic nitrogens is 1. The number of pyridine rings is 1. The SMILES string of the molecule is COc1ncccc1COc1ccc(Br)cc1C(C)C. The highest BCUT2D eigenvalue weighted by Crippen LogP contribution is 2.30. The lowest BCUT2D eigenvalue weighted by Gasteiger charge is -2.15. The molecule has 3 nitrogen and oxygen atoms in total. The first-order valence-electron chi connectivity index (χ1n) is 6.52. The molecule has 0 N–H and O–H groups in total. The molecule has 0 saturated carbocycles. The summed E-state index contributed by atoms with van der Waals surface area (Å²) in [5.41, 5.74) is 2.12. The van der Waals surface area contributed by atoms with Gasteiger partial charge in [0, 0.05) is 10.7 Å². The summed E-state index contributed by atoms with van der Waals surface area (Å²) in [5, 5.41) is 0. The van der Waals surface area contributed by atoms with Crippen molar-refractivity contribution in [2.75, 3.05) is 7.11 Å². The van der Waals surface area contributed by atoms with Gasteiger partial charge in [0.15, 0.2) is 0 Å². The van der Waals surface area contributed by atoms with Gasteiger partial charge in [-0.05, 0) is 41.8 Å². The van der Waals surface area contributed by atoms with Crippen LogP contribution in [0.25, 0.3) is 0 Å². The number of ether oxygens (including phenoxy) is 2. The molecule has 2 aromatic rings. The molecule has 0 radical (unpaired) electrons. The van der Waals surface area contributed by atoms with Gasteiger partial charge in [0.2, 0.25) is 5.88 Å². The fraction of sp³-hybridized carbons (Fsp3) is 0.312. The minimum absolute atomic E-state index is 0.401. The lowest BCUT2D eigenvalue weighted by atomic mass is 10.0. The first kappa shape index (κ1) is 14.9. The zero-order valence-electron chi connectivity index (χ0n) is 11.9. The molecule has 0 unspecified atom stereocenters. The molecule has 2 rings (SSSR count). The van der Waals surface area contributed by atoms with Crippen LogP contribution in [0.5, 0.6) is 11.6 Å². The van der Waals surface area contributed by atoms with Crippen molar-refractivity contribution in [3.63, 3.8) is 0 Å². The second-order valence-corrected chi connectivity index (χ2v) is 5.71. The van der Waals surface area contributed by atoms with Crippen molar-refractivity contribution in [2.24, 2.45) is 0 Å². The van der Waals surface area contributed by atoms with Crippen LogP contribution in [0, 0.1) is 0 Å². The van der Waals surface area contributed by atoms with E-state index in [1.807, 2.05) is 24.3 Å². The van der Waals surface area contributed by atoms with E-state index < -0.39 is 0 Å². The van der Waals surface area contributed by atoms with E-state index >= 15 is 0 Å². The molecular weight excluding hydrogens is 318 g/mol. The Kier molecular flexibility index (Phi) is 5.01. The van der Waals surface area contributed by atoms with E-state index in [9.17, 15) is 0 Å². The summed E-state index contributed by atoms with van der Waals surface area (Å²) in [6.07, 6.45) is 1.71. The van der Waals surface area contributed by atoms with Crippen molar-refractivity contribution in [3.05, 3.63) is 52.1 Å². The van der Waals surface area contributed by atoms with Crippen LogP contribution in [-0.2, 0) is 6.61 Å². The van der Waals surface area contributed by atoms with E-state index in [0.717, 1.165) is 15.8 Å². The summed E-state index contributed by atoms with van der Waals surface area (Å²) in [5.74, 6) is 1.91. The van der Waals surface area contributed by atoms with Crippen LogP contribution in [0.1, 0.15) is 30.9 Å². The Morgan fingerprint density at radius 3 is 2.75 bits per heavy atom. The topological polar surface area (TPSA) is 31.4 Å². The highest BCUT2D eigenvalue weighted by Gasteiger charge is 2.10. The predicted octanol–water partition coefficient (Wildman–Crippen LogP) is 4.56. The normalized spacial score (nSPS) is 10.7. The quantitative estimate of drug-likeness (QED) is 0.802. The molecule has 1 heterocycles. The largest absolute Gasteiger partial charge is 0.488 e. The van der Waals surface area contributed by atoms with Gasteiger partial charge in [-0.1, -0.05) is 29.8 Å². The lowest BCUT2D eigenvalue weighted by Crippen LogP contribution is -2.02. The van der Waals surface area contributed by atoms with Gasteiger partial charge in [-0.3, -0.25) is 0 Å². The van der Waals surface area contributed by atoms with Crippen molar-refractivity contribution in [3.8, 4) is 11.6 Å². The Labute approximate surface area is 128 Å². The highest BCUT2D eigenvalue weighted by atomic mass is 79.9. The van der Waals surface area contributed by atoms with E-state index in [2.05, 4.69) is 40.8 Å². The van der Waals surface area contributed by atoms with Gasteiger partial charge in [-0.2, -0.15) is 0 Å². The number of halogens is 1. The molecule has 0 aliphatic rings. The fourth-order valence-electron chi connectivity index (χ4n) is 1.98. The van der Waals surface area contributed by atoms with Crippen LogP contribution < -0.4 is 9.47 Å². The molecule has 4 heteroatoms. The second kappa shape index (κ2) is 6.75. The Morgan fingerprint density at radius 1 is 1.25 bits per heavy atom. The number of benzene rings is 1. The minimum atomic E-state index is 0.401. The zero-order chi connectivity index (χ0) is 14.5. The number of nitrogens with zero attached hydrogens (tertiary/aromatic N) is 1. The number of methoxy groups -OCH3 is 1. The van der Waals surface area contributed by atoms with Crippen LogP contribution in [0.15, 0.2) is 41.0 Å². The maximum absolute atomic E-state index is 5.94. The summed E-state index contributed by atoms with van der Waals surface area (Å²) in [6.45, 7) is 4.75. The van der Waals surface area contributed by atoms with E-state index in [1.165, 1.54) is 5.56 Å². The van der Waals surface area contributed by atoms with E-state index in [-0.39, 0.29) is 0 Å². The van der Waals surface area contributed by atoms with Crippen LogP contribution >= 0.6 is 15.9 Å². The summed E-state index contributed by atoms with van der Waals surface area (Å²) in [4.78, 5) is 4.17. The van der Waals surface area contributed by atoms with Crippen LogP contribution in [0.3, 0.4) is 0 Å². The molecule has 0 amide bonds. The molecule has 106 valence electrons. The van der Waals surface area contributed by atoms with Gasteiger partial charge in [0.05, 0.1) is 12.7 Å². The minimum Gasteiger partial charge on any atom is -0.488 e. The smallest absolute Gasteiger partial charge is 0.219 e. The first-order valence-corrected chi connectivity index (χ1v) is 7.31. The third kappa shape index (κ3) is 3.51. The molecule has 1 aromatic heterocycles. The average molecular weight is 336 g/mol. The maximum atomic E-state index is 5.94. The Balaban J connectivity index is 2.19. The van der Waals surface area contributed by atoms with Gasteiger partial charge in [-0.25, -0.2) is 4.98 Å². The molecule has 0 saturated heterocycles. The van der Waals surface area contributed by atoms with Gasteiger partial charge in [0.25, 0.3) is 0 Å². The van der Waals surface area contributed by atoms with E-state index in [0.29, 0.717) is 18.4 Å². The first-order chi connectivity index (χ1) is 9.61. The summed E-state index contributed by atoms with van der Waals surface area (Å²) >= 11 is 3.50. The van der Waals surface area contributed by atoms with Crippen molar-refractivity contribution in [1.29, 1.82) is 0 Å². The van der Waals surface area contributed by atoms with E-state index in [1.54, 1.807) is 13.3 Å². The predicted molar refractivity (Wildman–Crippen MR) is 83.4 cm³/mol. The molecule has 20 heavy (non-hydrogen) atoms. The fourth-order valence-corrected chi connectivity index (χ4v) is 2.35. The summed E-state index contributed by atoms with van der Waals surface area (Å²) < 4.78 is 12.2. The van der Waals surface area contributed by atoms with Gasteiger partial charge < -0.3 is 9.47 Å². The monoisotopic (exact) mass is 335 g/mol. The van der Waals surface area contributed by atoms with Gasteiger partial charge >= 0.3 is 0 Å². The van der Waals surface area contributed by atoms with E-state index in [4.69, 9.17) is 9.47 Å². The van der Waals surface area contributed by atoms with Gasteiger partial charge in [-0.15, -0.1) is 0 Å². The van der Waals surface area contributed by atoms with Crippen molar-refractivity contribution in [1.82, 2.24) is 4.98 Å².